The van der Waals surface area contributed by atoms with Gasteiger partial charge in [-0.2, -0.15) is 0 Å². The van der Waals surface area contributed by atoms with Crippen LogP contribution in [0.3, 0.4) is 0 Å². The summed E-state index contributed by atoms with van der Waals surface area (Å²) in [4.78, 5) is 12.0. The third-order valence-electron chi connectivity index (χ3n) is 1.82. The minimum atomic E-state index is -0.0461. The summed E-state index contributed by atoms with van der Waals surface area (Å²) < 4.78 is 0. The van der Waals surface area contributed by atoms with Gasteiger partial charge in [0, 0.05) is 36.0 Å². The van der Waals surface area contributed by atoms with Crippen LogP contribution in [0.2, 0.25) is 0 Å². The standard InChI is InChI=1S/C10H10N4O/c15-7-8-5-12-10(13-6-8)14-9-1-3-11-4-2-9/h1-6,15H,7H2,(H,11,12,13,14). The SMILES string of the molecule is OCc1cnc(Nc2ccncc2)nc1. The number of hydrogen-bond acceptors (Lipinski definition) is 5. The largest absolute Gasteiger partial charge is 0.392 e. The Bertz CT molecular complexity index is 415. The second kappa shape index (κ2) is 4.47. The van der Waals surface area contributed by atoms with Crippen molar-refractivity contribution in [3.8, 4) is 0 Å². The topological polar surface area (TPSA) is 70.9 Å². The quantitative estimate of drug-likeness (QED) is 0.780. The molecule has 5 heteroatoms. The molecule has 0 atom stereocenters. The van der Waals surface area contributed by atoms with Crippen LogP contribution in [-0.2, 0) is 6.61 Å². The lowest BCUT2D eigenvalue weighted by atomic mass is 10.4. The molecule has 0 amide bonds. The molecule has 2 rings (SSSR count). The van der Waals surface area contributed by atoms with Crippen molar-refractivity contribution in [3.63, 3.8) is 0 Å². The molecule has 2 aromatic rings. The van der Waals surface area contributed by atoms with Crippen LogP contribution in [0.5, 0.6) is 0 Å². The van der Waals surface area contributed by atoms with E-state index in [0.29, 0.717) is 11.5 Å². The lowest BCUT2D eigenvalue weighted by Gasteiger charge is -2.03. The highest BCUT2D eigenvalue weighted by Gasteiger charge is 1.97. The van der Waals surface area contributed by atoms with Gasteiger partial charge in [0.05, 0.1) is 6.61 Å². The zero-order chi connectivity index (χ0) is 10.5. The van der Waals surface area contributed by atoms with Gasteiger partial charge >= 0.3 is 0 Å². The van der Waals surface area contributed by atoms with Gasteiger partial charge in [0.15, 0.2) is 0 Å². The van der Waals surface area contributed by atoms with Crippen molar-refractivity contribution >= 4 is 11.6 Å². The van der Waals surface area contributed by atoms with Crippen molar-refractivity contribution in [2.45, 2.75) is 6.61 Å². The van der Waals surface area contributed by atoms with Crippen molar-refractivity contribution in [1.82, 2.24) is 15.0 Å². The maximum absolute atomic E-state index is 8.81. The van der Waals surface area contributed by atoms with E-state index in [1.807, 2.05) is 12.1 Å². The number of rotatable bonds is 3. The van der Waals surface area contributed by atoms with Gasteiger partial charge in [-0.05, 0) is 12.1 Å². The number of pyridine rings is 1. The predicted octanol–water partition coefficient (Wildman–Crippen LogP) is 1.11. The Morgan fingerprint density at radius 1 is 1.13 bits per heavy atom. The molecule has 2 N–H and O–H groups in total. The summed E-state index contributed by atoms with van der Waals surface area (Å²) in [5.74, 6) is 0.499. The molecule has 0 fully saturated rings. The zero-order valence-corrected chi connectivity index (χ0v) is 7.96. The van der Waals surface area contributed by atoms with Gasteiger partial charge in [-0.1, -0.05) is 0 Å². The highest BCUT2D eigenvalue weighted by atomic mass is 16.3. The Kier molecular flexibility index (Phi) is 2.85. The lowest BCUT2D eigenvalue weighted by molar-refractivity contribution is 0.281. The summed E-state index contributed by atoms with van der Waals surface area (Å²) in [6, 6.07) is 3.65. The van der Waals surface area contributed by atoms with Crippen molar-refractivity contribution in [2.75, 3.05) is 5.32 Å². The average Bonchev–Trinajstić information content (AvgIpc) is 2.31. The van der Waals surface area contributed by atoms with Gasteiger partial charge in [-0.3, -0.25) is 4.98 Å². The molecule has 0 aliphatic heterocycles. The molecule has 0 aliphatic rings. The fourth-order valence-electron chi connectivity index (χ4n) is 1.07. The second-order valence-electron chi connectivity index (χ2n) is 2.93. The normalized spacial score (nSPS) is 9.93. The number of nitrogens with one attached hydrogen (secondary N) is 1. The van der Waals surface area contributed by atoms with E-state index in [-0.39, 0.29) is 6.61 Å². The molecule has 0 aromatic carbocycles. The first kappa shape index (κ1) is 9.54. The fourth-order valence-corrected chi connectivity index (χ4v) is 1.07. The van der Waals surface area contributed by atoms with Crippen LogP contribution in [0.25, 0.3) is 0 Å². The minimum Gasteiger partial charge on any atom is -0.392 e. The molecule has 2 aromatic heterocycles. The number of hydrogen-bond donors (Lipinski definition) is 2. The minimum absolute atomic E-state index is 0.0461. The van der Waals surface area contributed by atoms with Gasteiger partial charge < -0.3 is 10.4 Å². The number of aromatic nitrogens is 3. The lowest BCUT2D eigenvalue weighted by Crippen LogP contribution is -1.97. The van der Waals surface area contributed by atoms with E-state index in [2.05, 4.69) is 20.3 Å². The number of aliphatic hydroxyl groups is 1. The van der Waals surface area contributed by atoms with Crippen LogP contribution in [0.4, 0.5) is 11.6 Å². The van der Waals surface area contributed by atoms with Crippen molar-refractivity contribution < 1.29 is 5.11 Å². The van der Waals surface area contributed by atoms with E-state index >= 15 is 0 Å². The molecule has 76 valence electrons. The Balaban J connectivity index is 2.11. The van der Waals surface area contributed by atoms with E-state index in [4.69, 9.17) is 5.11 Å². The molecular weight excluding hydrogens is 192 g/mol. The molecule has 2 heterocycles. The van der Waals surface area contributed by atoms with Crippen molar-refractivity contribution in [3.05, 3.63) is 42.5 Å². The third kappa shape index (κ3) is 2.47. The first-order valence-corrected chi connectivity index (χ1v) is 4.47. The van der Waals surface area contributed by atoms with E-state index < -0.39 is 0 Å². The molecule has 0 aliphatic carbocycles. The Labute approximate surface area is 86.9 Å². The van der Waals surface area contributed by atoms with Crippen LogP contribution in [-0.4, -0.2) is 20.1 Å². The first-order chi connectivity index (χ1) is 7.38. The van der Waals surface area contributed by atoms with Gasteiger partial charge in [0.25, 0.3) is 0 Å². The number of nitrogens with zero attached hydrogens (tertiary/aromatic N) is 3. The van der Waals surface area contributed by atoms with Gasteiger partial charge in [0.1, 0.15) is 0 Å². The average molecular weight is 202 g/mol. The molecule has 0 bridgehead atoms. The van der Waals surface area contributed by atoms with Crippen LogP contribution in [0.1, 0.15) is 5.56 Å². The highest BCUT2D eigenvalue weighted by molar-refractivity contribution is 5.51. The first-order valence-electron chi connectivity index (χ1n) is 4.47. The molecule has 0 saturated heterocycles. The summed E-state index contributed by atoms with van der Waals surface area (Å²) in [5, 5.41) is 11.8. The number of aliphatic hydroxyl groups excluding tert-OH is 1. The Morgan fingerprint density at radius 2 is 1.80 bits per heavy atom. The highest BCUT2D eigenvalue weighted by Crippen LogP contribution is 2.10. The van der Waals surface area contributed by atoms with E-state index in [1.54, 1.807) is 24.8 Å². The van der Waals surface area contributed by atoms with Gasteiger partial charge in [0.2, 0.25) is 5.95 Å². The van der Waals surface area contributed by atoms with Crippen molar-refractivity contribution in [1.29, 1.82) is 0 Å². The Morgan fingerprint density at radius 3 is 2.40 bits per heavy atom. The van der Waals surface area contributed by atoms with Crippen LogP contribution in [0, 0.1) is 0 Å². The maximum atomic E-state index is 8.81. The Hall–Kier alpha value is -2.01. The molecule has 15 heavy (non-hydrogen) atoms. The maximum Gasteiger partial charge on any atom is 0.227 e. The monoisotopic (exact) mass is 202 g/mol. The van der Waals surface area contributed by atoms with Crippen LogP contribution < -0.4 is 5.32 Å². The van der Waals surface area contributed by atoms with Gasteiger partial charge in [-0.15, -0.1) is 0 Å². The molecule has 0 spiro atoms. The van der Waals surface area contributed by atoms with E-state index in [0.717, 1.165) is 5.69 Å². The summed E-state index contributed by atoms with van der Waals surface area (Å²) in [6.45, 7) is -0.0461. The van der Waals surface area contributed by atoms with E-state index in [1.165, 1.54) is 0 Å². The summed E-state index contributed by atoms with van der Waals surface area (Å²) in [6.07, 6.45) is 6.53. The van der Waals surface area contributed by atoms with E-state index in [9.17, 15) is 0 Å². The molecular formula is C10H10N4O. The molecule has 0 saturated carbocycles. The van der Waals surface area contributed by atoms with Crippen LogP contribution in [0.15, 0.2) is 36.9 Å². The molecule has 0 unspecified atom stereocenters. The van der Waals surface area contributed by atoms with Crippen LogP contribution >= 0.6 is 0 Å². The summed E-state index contributed by atoms with van der Waals surface area (Å²) >= 11 is 0. The van der Waals surface area contributed by atoms with Crippen molar-refractivity contribution in [2.24, 2.45) is 0 Å². The zero-order valence-electron chi connectivity index (χ0n) is 7.96. The number of anilines is 2. The fraction of sp³-hybridized carbons (Fsp3) is 0.100. The predicted molar refractivity (Wildman–Crippen MR) is 55.5 cm³/mol. The van der Waals surface area contributed by atoms with Gasteiger partial charge in [-0.25, -0.2) is 9.97 Å². The second-order valence-corrected chi connectivity index (χ2v) is 2.93. The third-order valence-corrected chi connectivity index (χ3v) is 1.82. The molecule has 0 radical (unpaired) electrons. The summed E-state index contributed by atoms with van der Waals surface area (Å²) in [7, 11) is 0. The summed E-state index contributed by atoms with van der Waals surface area (Å²) in [5.41, 5.74) is 1.57. The smallest absolute Gasteiger partial charge is 0.227 e. The molecule has 5 nitrogen and oxygen atoms in total.